The smallest absolute Gasteiger partial charge is 0.123 e. The molecule has 1 unspecified atom stereocenters. The highest BCUT2D eigenvalue weighted by Crippen LogP contribution is 2.29. The Balaban J connectivity index is 1.62. The molecule has 0 aromatic heterocycles. The Hall–Kier alpha value is -1.74. The van der Waals surface area contributed by atoms with Crippen LogP contribution in [0.4, 0.5) is 10.1 Å². The van der Waals surface area contributed by atoms with Crippen molar-refractivity contribution in [2.45, 2.75) is 19.4 Å². The van der Waals surface area contributed by atoms with Crippen molar-refractivity contribution in [2.24, 2.45) is 0 Å². The van der Waals surface area contributed by atoms with Crippen LogP contribution in [0.25, 0.3) is 0 Å². The zero-order valence-corrected chi connectivity index (χ0v) is 11.9. The molecule has 0 saturated heterocycles. The van der Waals surface area contributed by atoms with E-state index in [-0.39, 0.29) is 11.9 Å². The fourth-order valence-electron chi connectivity index (χ4n) is 2.34. The molecule has 4 heteroatoms. The number of rotatable bonds is 3. The fourth-order valence-corrected chi connectivity index (χ4v) is 2.52. The highest BCUT2D eigenvalue weighted by Gasteiger charge is 2.22. The molecular weight excluding hydrogens is 277 g/mol. The van der Waals surface area contributed by atoms with Gasteiger partial charge < -0.3 is 10.1 Å². The summed E-state index contributed by atoms with van der Waals surface area (Å²) in [4.78, 5) is 0. The van der Waals surface area contributed by atoms with Crippen LogP contribution in [-0.4, -0.2) is 12.6 Å². The Morgan fingerprint density at radius 1 is 1.30 bits per heavy atom. The van der Waals surface area contributed by atoms with Gasteiger partial charge in [0.1, 0.15) is 17.7 Å². The lowest BCUT2D eigenvalue weighted by atomic mass is 10.1. The lowest BCUT2D eigenvalue weighted by molar-refractivity contribution is 0.246. The summed E-state index contributed by atoms with van der Waals surface area (Å²) in [5.74, 6) is 0.561. The van der Waals surface area contributed by atoms with Gasteiger partial charge in [0, 0.05) is 22.7 Å². The third-order valence-electron chi connectivity index (χ3n) is 3.47. The van der Waals surface area contributed by atoms with E-state index in [1.165, 1.54) is 12.1 Å². The predicted molar refractivity (Wildman–Crippen MR) is 79.2 cm³/mol. The lowest BCUT2D eigenvalue weighted by Gasteiger charge is -2.13. The number of ether oxygens (including phenoxy) is 1. The summed E-state index contributed by atoms with van der Waals surface area (Å²) in [7, 11) is 0. The van der Waals surface area contributed by atoms with E-state index in [9.17, 15) is 4.39 Å². The van der Waals surface area contributed by atoms with E-state index in [2.05, 4.69) is 5.32 Å². The number of hydrogen-bond donors (Lipinski definition) is 1. The number of anilines is 1. The van der Waals surface area contributed by atoms with E-state index in [1.807, 2.05) is 25.1 Å². The van der Waals surface area contributed by atoms with E-state index >= 15 is 0 Å². The summed E-state index contributed by atoms with van der Waals surface area (Å²) < 4.78 is 18.9. The molecule has 0 spiro atoms. The molecule has 104 valence electrons. The first-order valence-corrected chi connectivity index (χ1v) is 6.95. The van der Waals surface area contributed by atoms with Gasteiger partial charge in [-0.3, -0.25) is 0 Å². The Morgan fingerprint density at radius 2 is 2.15 bits per heavy atom. The second kappa shape index (κ2) is 5.33. The molecule has 0 fully saturated rings. The average Bonchev–Trinajstić information content (AvgIpc) is 2.82. The Kier molecular flexibility index (Phi) is 3.53. The van der Waals surface area contributed by atoms with Crippen LogP contribution in [0.2, 0.25) is 5.02 Å². The molecule has 1 N–H and O–H groups in total. The fraction of sp³-hybridized carbons (Fsp3) is 0.250. The number of aryl methyl sites for hydroxylation is 1. The van der Waals surface area contributed by atoms with Crippen LogP contribution < -0.4 is 10.1 Å². The molecule has 2 aromatic rings. The van der Waals surface area contributed by atoms with Gasteiger partial charge in [-0.1, -0.05) is 17.7 Å². The molecule has 3 rings (SSSR count). The molecule has 2 aromatic carbocycles. The Morgan fingerprint density at radius 3 is 2.95 bits per heavy atom. The van der Waals surface area contributed by atoms with Crippen LogP contribution in [0.3, 0.4) is 0 Å². The van der Waals surface area contributed by atoms with Crippen LogP contribution >= 0.6 is 11.6 Å². The van der Waals surface area contributed by atoms with Crippen LogP contribution in [0.15, 0.2) is 36.4 Å². The lowest BCUT2D eigenvalue weighted by Crippen LogP contribution is -2.23. The maximum atomic E-state index is 13.1. The summed E-state index contributed by atoms with van der Waals surface area (Å²) in [5.41, 5.74) is 2.95. The number of halogens is 2. The van der Waals surface area contributed by atoms with Crippen LogP contribution in [0, 0.1) is 12.7 Å². The first-order valence-electron chi connectivity index (χ1n) is 6.57. The minimum atomic E-state index is -0.216. The van der Waals surface area contributed by atoms with Crippen molar-refractivity contribution in [3.8, 4) is 5.75 Å². The Bertz CT molecular complexity index is 644. The van der Waals surface area contributed by atoms with Gasteiger partial charge in [-0.15, -0.1) is 0 Å². The quantitative estimate of drug-likeness (QED) is 0.915. The predicted octanol–water partition coefficient (Wildman–Crippen LogP) is 4.20. The van der Waals surface area contributed by atoms with E-state index in [4.69, 9.17) is 16.3 Å². The van der Waals surface area contributed by atoms with Gasteiger partial charge in [0.25, 0.3) is 0 Å². The molecule has 20 heavy (non-hydrogen) atoms. The van der Waals surface area contributed by atoms with E-state index in [0.717, 1.165) is 34.0 Å². The molecule has 1 aliphatic heterocycles. The average molecular weight is 292 g/mol. The van der Waals surface area contributed by atoms with Gasteiger partial charge in [0.15, 0.2) is 0 Å². The third-order valence-corrected chi connectivity index (χ3v) is 3.88. The summed E-state index contributed by atoms with van der Waals surface area (Å²) in [5, 5.41) is 4.04. The first-order chi connectivity index (χ1) is 9.61. The monoisotopic (exact) mass is 291 g/mol. The van der Waals surface area contributed by atoms with Crippen LogP contribution in [0.5, 0.6) is 5.75 Å². The van der Waals surface area contributed by atoms with Crippen molar-refractivity contribution < 1.29 is 9.13 Å². The zero-order valence-electron chi connectivity index (χ0n) is 11.1. The minimum absolute atomic E-state index is 0.0203. The second-order valence-electron chi connectivity index (χ2n) is 5.04. The van der Waals surface area contributed by atoms with Gasteiger partial charge in [-0.25, -0.2) is 4.39 Å². The minimum Gasteiger partial charge on any atom is -0.488 e. The van der Waals surface area contributed by atoms with Crippen molar-refractivity contribution >= 4 is 17.3 Å². The largest absolute Gasteiger partial charge is 0.488 e. The van der Waals surface area contributed by atoms with E-state index < -0.39 is 0 Å². The normalized spacial score (nSPS) is 16.6. The van der Waals surface area contributed by atoms with Gasteiger partial charge in [-0.2, -0.15) is 0 Å². The zero-order chi connectivity index (χ0) is 14.1. The molecule has 0 amide bonds. The number of nitrogens with one attached hydrogen (secondary N) is 1. The summed E-state index contributed by atoms with van der Waals surface area (Å²) in [6.07, 6.45) is 0.742. The number of benzene rings is 2. The van der Waals surface area contributed by atoms with Gasteiger partial charge in [-0.05, 0) is 42.8 Å². The van der Waals surface area contributed by atoms with Crippen molar-refractivity contribution in [3.05, 3.63) is 58.4 Å². The van der Waals surface area contributed by atoms with Crippen molar-refractivity contribution in [2.75, 3.05) is 11.9 Å². The van der Waals surface area contributed by atoms with Gasteiger partial charge in [0.05, 0.1) is 6.54 Å². The number of fused-ring (bicyclic) bond motifs is 1. The van der Waals surface area contributed by atoms with Crippen molar-refractivity contribution in [1.29, 1.82) is 0 Å². The second-order valence-corrected chi connectivity index (χ2v) is 5.45. The molecule has 0 bridgehead atoms. The van der Waals surface area contributed by atoms with Gasteiger partial charge >= 0.3 is 0 Å². The number of hydrogen-bond acceptors (Lipinski definition) is 2. The molecular formula is C16H15ClFNO. The summed E-state index contributed by atoms with van der Waals surface area (Å²) >= 11 is 6.09. The first kappa shape index (κ1) is 13.3. The summed E-state index contributed by atoms with van der Waals surface area (Å²) in [6, 6.07) is 10.5. The van der Waals surface area contributed by atoms with Gasteiger partial charge in [0.2, 0.25) is 0 Å². The SMILES string of the molecule is Cc1ccc(NCC2Cc3cc(F)ccc3O2)cc1Cl. The molecule has 2 nitrogen and oxygen atoms in total. The standard InChI is InChI=1S/C16H15ClFNO/c1-10-2-4-13(8-15(10)17)19-9-14-7-11-6-12(18)3-5-16(11)20-14/h2-6,8,14,19H,7,9H2,1H3. The molecule has 1 atom stereocenters. The van der Waals surface area contributed by atoms with Crippen molar-refractivity contribution in [1.82, 2.24) is 0 Å². The highest BCUT2D eigenvalue weighted by atomic mass is 35.5. The molecule has 0 radical (unpaired) electrons. The molecule has 0 aliphatic carbocycles. The van der Waals surface area contributed by atoms with E-state index in [1.54, 1.807) is 6.07 Å². The molecule has 1 aliphatic rings. The van der Waals surface area contributed by atoms with Crippen LogP contribution in [0.1, 0.15) is 11.1 Å². The third kappa shape index (κ3) is 2.73. The Labute approximate surface area is 122 Å². The van der Waals surface area contributed by atoms with E-state index in [0.29, 0.717) is 6.54 Å². The molecule has 1 heterocycles. The maximum absolute atomic E-state index is 13.1. The molecule has 0 saturated carbocycles. The van der Waals surface area contributed by atoms with Crippen molar-refractivity contribution in [3.63, 3.8) is 0 Å². The highest BCUT2D eigenvalue weighted by molar-refractivity contribution is 6.31. The maximum Gasteiger partial charge on any atom is 0.123 e. The summed E-state index contributed by atoms with van der Waals surface area (Å²) in [6.45, 7) is 2.63. The topological polar surface area (TPSA) is 21.3 Å². The van der Waals surface area contributed by atoms with Crippen LogP contribution in [-0.2, 0) is 6.42 Å².